The first-order chi connectivity index (χ1) is 20.0. The predicted molar refractivity (Wildman–Crippen MR) is 182 cm³/mol. The number of hydrogen-bond donors (Lipinski definition) is 1. The zero-order valence-corrected chi connectivity index (χ0v) is 26.8. The first kappa shape index (κ1) is 29.3. The van der Waals surface area contributed by atoms with Gasteiger partial charge in [0.05, 0.1) is 16.3 Å². The van der Waals surface area contributed by atoms with E-state index < -0.39 is 0 Å². The average Bonchev–Trinajstić information content (AvgIpc) is 3.70. The maximum Gasteiger partial charge on any atom is 0.189 e. The smallest absolute Gasteiger partial charge is 0.189 e. The maximum atomic E-state index is 5.83. The van der Waals surface area contributed by atoms with Gasteiger partial charge in [-0.25, -0.2) is 9.97 Å². The molecule has 10 heteroatoms. The monoisotopic (exact) mass is 605 g/mol. The van der Waals surface area contributed by atoms with Crippen LogP contribution in [0.4, 0.5) is 22.5 Å². The Morgan fingerprint density at radius 3 is 2.22 bits per heavy atom. The fourth-order valence-electron chi connectivity index (χ4n) is 5.19. The molecule has 0 amide bonds. The van der Waals surface area contributed by atoms with Crippen molar-refractivity contribution in [2.45, 2.75) is 27.7 Å². The highest BCUT2D eigenvalue weighted by Crippen LogP contribution is 2.35. The van der Waals surface area contributed by atoms with Gasteiger partial charge in [-0.05, 0) is 74.6 Å². The van der Waals surface area contributed by atoms with Crippen LogP contribution >= 0.6 is 34.9 Å². The van der Waals surface area contributed by atoms with E-state index in [1.165, 1.54) is 16.8 Å². The number of pyridine rings is 1. The van der Waals surface area contributed by atoms with Crippen molar-refractivity contribution in [2.75, 3.05) is 72.4 Å². The van der Waals surface area contributed by atoms with E-state index in [9.17, 15) is 0 Å². The Morgan fingerprint density at radius 2 is 1.54 bits per heavy atom. The molecule has 0 unspecified atom stereocenters. The molecular weight excluding hydrogens is 567 g/mol. The minimum Gasteiger partial charge on any atom is -0.369 e. The van der Waals surface area contributed by atoms with Gasteiger partial charge in [0.25, 0.3) is 0 Å². The summed E-state index contributed by atoms with van der Waals surface area (Å²) in [6, 6.07) is 17.1. The number of thiocarbonyl (C=S) groups is 1. The number of rotatable bonds is 10. The molecule has 0 spiro atoms. The van der Waals surface area contributed by atoms with Gasteiger partial charge in [-0.1, -0.05) is 30.3 Å². The summed E-state index contributed by atoms with van der Waals surface area (Å²) in [5, 5.41) is 9.27. The highest BCUT2D eigenvalue weighted by Gasteiger charge is 2.25. The molecular formula is C31H39N7S3. The summed E-state index contributed by atoms with van der Waals surface area (Å²) in [7, 11) is 0. The molecule has 0 saturated carbocycles. The second-order valence-electron chi connectivity index (χ2n) is 9.86. The number of nitrogens with one attached hydrogen (secondary N) is 1. The third-order valence-corrected chi connectivity index (χ3v) is 9.65. The summed E-state index contributed by atoms with van der Waals surface area (Å²) >= 11 is 9.15. The molecule has 41 heavy (non-hydrogen) atoms. The van der Waals surface area contributed by atoms with E-state index in [1.807, 2.05) is 6.07 Å². The minimum absolute atomic E-state index is 0.732. The number of thiophene rings is 1. The average molecular weight is 606 g/mol. The van der Waals surface area contributed by atoms with Crippen LogP contribution in [0.2, 0.25) is 0 Å². The van der Waals surface area contributed by atoms with Crippen molar-refractivity contribution in [2.24, 2.45) is 0 Å². The highest BCUT2D eigenvalue weighted by atomic mass is 32.1. The molecule has 1 aliphatic heterocycles. The van der Waals surface area contributed by atoms with Gasteiger partial charge in [-0.2, -0.15) is 0 Å². The Hall–Kier alpha value is -3.21. The van der Waals surface area contributed by atoms with Gasteiger partial charge in [0.2, 0.25) is 0 Å². The third kappa shape index (κ3) is 6.66. The summed E-state index contributed by atoms with van der Waals surface area (Å²) in [5.41, 5.74) is 4.64. The van der Waals surface area contributed by atoms with Gasteiger partial charge >= 0.3 is 0 Å². The van der Waals surface area contributed by atoms with Gasteiger partial charge in [0, 0.05) is 57.7 Å². The molecule has 216 valence electrons. The number of benzene rings is 1. The zero-order chi connectivity index (χ0) is 28.8. The molecule has 5 rings (SSSR count). The summed E-state index contributed by atoms with van der Waals surface area (Å²) in [6.45, 7) is 16.0. The fourth-order valence-corrected chi connectivity index (χ4v) is 7.19. The number of aromatic nitrogens is 2. The van der Waals surface area contributed by atoms with Gasteiger partial charge in [0.15, 0.2) is 16.1 Å². The van der Waals surface area contributed by atoms with E-state index in [2.05, 4.69) is 106 Å². The standard InChI is InChI=1S/C31H39N7S3/c1-5-35(6-2)26-14-15-28(36(7-3)8-4)33-29(26)37-16-18-38(19-17-37)31(39)34-30-32-25(22-41-30)27-20-24(21-40-27)23-12-10-9-11-13-23/h9-15,20-22H,5-8,16-19H2,1-4H3,(H,32,34,39). The van der Waals surface area contributed by atoms with Crippen LogP contribution in [0.25, 0.3) is 21.7 Å². The summed E-state index contributed by atoms with van der Waals surface area (Å²) in [6.07, 6.45) is 0. The van der Waals surface area contributed by atoms with Crippen molar-refractivity contribution in [1.29, 1.82) is 0 Å². The first-order valence-corrected chi connectivity index (χ1v) is 16.6. The van der Waals surface area contributed by atoms with E-state index in [1.54, 1.807) is 22.7 Å². The van der Waals surface area contributed by atoms with Crippen molar-refractivity contribution < 1.29 is 0 Å². The number of hydrogen-bond acceptors (Lipinski definition) is 8. The SMILES string of the molecule is CCN(CC)c1ccc(N(CC)CC)c(N2CCN(C(=S)Nc3nc(-c4cc(-c5ccccc5)cs4)cs3)CC2)n1. The minimum atomic E-state index is 0.732. The van der Waals surface area contributed by atoms with Gasteiger partial charge < -0.3 is 24.9 Å². The van der Waals surface area contributed by atoms with Gasteiger partial charge in [-0.15, -0.1) is 22.7 Å². The Balaban J connectivity index is 1.23. The topological polar surface area (TPSA) is 50.8 Å². The zero-order valence-electron chi connectivity index (χ0n) is 24.3. The molecule has 0 bridgehead atoms. The Kier molecular flexibility index (Phi) is 9.74. The molecule has 3 aromatic heterocycles. The van der Waals surface area contributed by atoms with Crippen molar-refractivity contribution in [3.05, 3.63) is 59.3 Å². The second-order valence-corrected chi connectivity index (χ2v) is 12.0. The molecule has 0 radical (unpaired) electrons. The van der Waals surface area contributed by atoms with Crippen molar-refractivity contribution in [1.82, 2.24) is 14.9 Å². The Morgan fingerprint density at radius 1 is 0.829 bits per heavy atom. The normalized spacial score (nSPS) is 13.4. The van der Waals surface area contributed by atoms with Crippen molar-refractivity contribution >= 4 is 62.5 Å². The molecule has 1 aromatic carbocycles. The van der Waals surface area contributed by atoms with Crippen LogP contribution in [0, 0.1) is 0 Å². The van der Waals surface area contributed by atoms with Crippen molar-refractivity contribution in [3.63, 3.8) is 0 Å². The van der Waals surface area contributed by atoms with Crippen LogP contribution < -0.4 is 20.0 Å². The molecule has 1 aliphatic rings. The number of nitrogens with zero attached hydrogens (tertiary/aromatic N) is 6. The Bertz CT molecular complexity index is 1420. The van der Waals surface area contributed by atoms with Gasteiger partial charge in [-0.3, -0.25) is 0 Å². The van der Waals surface area contributed by atoms with Crippen LogP contribution in [-0.4, -0.2) is 72.3 Å². The molecule has 0 aliphatic carbocycles. The fraction of sp³-hybridized carbons (Fsp3) is 0.387. The molecule has 1 saturated heterocycles. The van der Waals surface area contributed by atoms with Crippen LogP contribution in [0.3, 0.4) is 0 Å². The van der Waals surface area contributed by atoms with Crippen molar-refractivity contribution in [3.8, 4) is 21.7 Å². The lowest BCUT2D eigenvalue weighted by Crippen LogP contribution is -2.50. The van der Waals surface area contributed by atoms with Crippen LogP contribution in [0.15, 0.2) is 59.3 Å². The van der Waals surface area contributed by atoms with Gasteiger partial charge in [0.1, 0.15) is 5.82 Å². The predicted octanol–water partition coefficient (Wildman–Crippen LogP) is 7.15. The highest BCUT2D eigenvalue weighted by molar-refractivity contribution is 7.80. The molecule has 1 fully saturated rings. The first-order valence-electron chi connectivity index (χ1n) is 14.5. The lowest BCUT2D eigenvalue weighted by atomic mass is 10.1. The quantitative estimate of drug-likeness (QED) is 0.191. The number of anilines is 4. The number of piperazine rings is 1. The summed E-state index contributed by atoms with van der Waals surface area (Å²) in [5.74, 6) is 2.12. The van der Waals surface area contributed by atoms with Crippen LogP contribution in [-0.2, 0) is 0 Å². The van der Waals surface area contributed by atoms with Crippen LogP contribution in [0.5, 0.6) is 0 Å². The van der Waals surface area contributed by atoms with E-state index in [-0.39, 0.29) is 0 Å². The Labute approximate surface area is 257 Å². The molecule has 1 N–H and O–H groups in total. The number of thiazole rings is 1. The third-order valence-electron chi connectivity index (χ3n) is 7.57. The van der Waals surface area contributed by atoms with E-state index >= 15 is 0 Å². The molecule has 0 atom stereocenters. The maximum absolute atomic E-state index is 5.83. The van der Waals surface area contributed by atoms with E-state index in [0.29, 0.717) is 0 Å². The van der Waals surface area contributed by atoms with E-state index in [4.69, 9.17) is 22.2 Å². The molecule has 7 nitrogen and oxygen atoms in total. The largest absolute Gasteiger partial charge is 0.369 e. The van der Waals surface area contributed by atoms with E-state index in [0.717, 1.165) is 84.8 Å². The summed E-state index contributed by atoms with van der Waals surface area (Å²) < 4.78 is 0. The summed E-state index contributed by atoms with van der Waals surface area (Å²) in [4.78, 5) is 20.6. The molecule has 4 aromatic rings. The lowest BCUT2D eigenvalue weighted by molar-refractivity contribution is 0.389. The second kappa shape index (κ2) is 13.6. The molecule has 4 heterocycles. The lowest BCUT2D eigenvalue weighted by Gasteiger charge is -2.38. The van der Waals surface area contributed by atoms with Crippen LogP contribution in [0.1, 0.15) is 27.7 Å².